The molecule has 178 valence electrons. The molecule has 0 aromatic heterocycles. The molecule has 3 rings (SSSR count). The minimum absolute atomic E-state index is 0.00422. The highest BCUT2D eigenvalue weighted by molar-refractivity contribution is 9.10. The van der Waals surface area contributed by atoms with Gasteiger partial charge in [0.1, 0.15) is 18.8 Å². The number of urea groups is 1. The number of hydrogen-bond acceptors (Lipinski definition) is 7. The first-order valence-electron chi connectivity index (χ1n) is 10.1. The van der Waals surface area contributed by atoms with E-state index in [-0.39, 0.29) is 17.9 Å². The molecule has 1 heterocycles. The molecule has 1 fully saturated rings. The lowest BCUT2D eigenvalue weighted by Gasteiger charge is -2.15. The van der Waals surface area contributed by atoms with E-state index < -0.39 is 30.4 Å². The number of methoxy groups -OCH3 is 1. The largest absolute Gasteiger partial charge is 0.490 e. The van der Waals surface area contributed by atoms with Crippen LogP contribution in [0.2, 0.25) is 0 Å². The fraction of sp³-hybridized carbons (Fsp3) is 0.217. The zero-order valence-electron chi connectivity index (χ0n) is 18.3. The SMILES string of the molecule is CCOc1cc(/C=C2/NC(=O)N(CC(=O)OC)C2=O)cc(Br)c1OCc1ccc(C(=O)O)cc1. The third-order valence-corrected chi connectivity index (χ3v) is 5.29. The van der Waals surface area contributed by atoms with Gasteiger partial charge in [-0.05, 0) is 64.3 Å². The zero-order chi connectivity index (χ0) is 24.8. The van der Waals surface area contributed by atoms with Crippen LogP contribution < -0.4 is 14.8 Å². The summed E-state index contributed by atoms with van der Waals surface area (Å²) in [5, 5.41) is 11.5. The van der Waals surface area contributed by atoms with Gasteiger partial charge >= 0.3 is 18.0 Å². The second-order valence-corrected chi connectivity index (χ2v) is 7.86. The highest BCUT2D eigenvalue weighted by Gasteiger charge is 2.35. The van der Waals surface area contributed by atoms with Crippen LogP contribution in [0.5, 0.6) is 11.5 Å². The number of aromatic carboxylic acids is 1. The third-order valence-electron chi connectivity index (χ3n) is 4.70. The van der Waals surface area contributed by atoms with E-state index in [2.05, 4.69) is 26.0 Å². The molecule has 0 spiro atoms. The molecule has 2 N–H and O–H groups in total. The van der Waals surface area contributed by atoms with Crippen molar-refractivity contribution in [2.75, 3.05) is 20.3 Å². The van der Waals surface area contributed by atoms with E-state index in [9.17, 15) is 19.2 Å². The number of hydrogen-bond donors (Lipinski definition) is 2. The Morgan fingerprint density at radius 2 is 1.85 bits per heavy atom. The highest BCUT2D eigenvalue weighted by Crippen LogP contribution is 2.38. The molecule has 0 saturated carbocycles. The van der Waals surface area contributed by atoms with Crippen LogP contribution in [0, 0.1) is 0 Å². The molecule has 0 radical (unpaired) electrons. The first-order chi connectivity index (χ1) is 16.2. The number of imide groups is 1. The van der Waals surface area contributed by atoms with Crippen LogP contribution in [0.25, 0.3) is 6.08 Å². The van der Waals surface area contributed by atoms with Gasteiger partial charge < -0.3 is 24.6 Å². The first-order valence-corrected chi connectivity index (χ1v) is 10.9. The second-order valence-electron chi connectivity index (χ2n) is 7.01. The predicted octanol–water partition coefficient (Wildman–Crippen LogP) is 3.19. The molecule has 0 aliphatic carbocycles. The summed E-state index contributed by atoms with van der Waals surface area (Å²) < 4.78 is 16.6. The van der Waals surface area contributed by atoms with Crippen molar-refractivity contribution < 1.29 is 38.5 Å². The lowest BCUT2D eigenvalue weighted by molar-refractivity contribution is -0.143. The summed E-state index contributed by atoms with van der Waals surface area (Å²) in [4.78, 5) is 47.8. The lowest BCUT2D eigenvalue weighted by atomic mass is 10.1. The van der Waals surface area contributed by atoms with Crippen LogP contribution in [0.4, 0.5) is 4.79 Å². The number of ether oxygens (including phenoxy) is 3. The summed E-state index contributed by atoms with van der Waals surface area (Å²) in [7, 11) is 1.17. The summed E-state index contributed by atoms with van der Waals surface area (Å²) in [6, 6.07) is 8.90. The van der Waals surface area contributed by atoms with Gasteiger partial charge in [-0.25, -0.2) is 14.5 Å². The van der Waals surface area contributed by atoms with Crippen molar-refractivity contribution >= 4 is 45.9 Å². The Bertz CT molecular complexity index is 1160. The van der Waals surface area contributed by atoms with Gasteiger partial charge in [0.25, 0.3) is 5.91 Å². The predicted molar refractivity (Wildman–Crippen MR) is 123 cm³/mol. The van der Waals surface area contributed by atoms with Gasteiger partial charge in [-0.15, -0.1) is 0 Å². The van der Waals surface area contributed by atoms with Crippen LogP contribution in [-0.4, -0.2) is 54.1 Å². The van der Waals surface area contributed by atoms with E-state index in [1.165, 1.54) is 25.3 Å². The van der Waals surface area contributed by atoms with E-state index >= 15 is 0 Å². The van der Waals surface area contributed by atoms with Gasteiger partial charge in [0.05, 0.1) is 23.8 Å². The fourth-order valence-electron chi connectivity index (χ4n) is 3.05. The molecule has 2 aromatic rings. The van der Waals surface area contributed by atoms with Gasteiger partial charge in [0.15, 0.2) is 11.5 Å². The number of carbonyl (C=O) groups excluding carboxylic acids is 3. The molecule has 1 aliphatic heterocycles. The minimum Gasteiger partial charge on any atom is -0.490 e. The lowest BCUT2D eigenvalue weighted by Crippen LogP contribution is -2.36. The van der Waals surface area contributed by atoms with Crippen molar-refractivity contribution in [2.24, 2.45) is 0 Å². The molecular weight excluding hydrogens is 512 g/mol. The van der Waals surface area contributed by atoms with Crippen molar-refractivity contribution in [1.29, 1.82) is 0 Å². The van der Waals surface area contributed by atoms with E-state index in [1.54, 1.807) is 31.2 Å². The summed E-state index contributed by atoms with van der Waals surface area (Å²) >= 11 is 3.45. The smallest absolute Gasteiger partial charge is 0.335 e. The summed E-state index contributed by atoms with van der Waals surface area (Å²) in [5.41, 5.74) is 1.47. The molecule has 0 atom stereocenters. The Hall–Kier alpha value is -3.86. The Balaban J connectivity index is 1.82. The summed E-state index contributed by atoms with van der Waals surface area (Å²) in [6.45, 7) is 1.82. The highest BCUT2D eigenvalue weighted by atomic mass is 79.9. The van der Waals surface area contributed by atoms with E-state index in [1.807, 2.05) is 0 Å². The van der Waals surface area contributed by atoms with Crippen molar-refractivity contribution in [1.82, 2.24) is 10.2 Å². The quantitative estimate of drug-likeness (QED) is 0.286. The number of amides is 3. The average molecular weight is 533 g/mol. The maximum absolute atomic E-state index is 12.5. The summed E-state index contributed by atoms with van der Waals surface area (Å²) in [6.07, 6.45) is 1.46. The van der Waals surface area contributed by atoms with E-state index in [4.69, 9.17) is 14.6 Å². The van der Waals surface area contributed by atoms with E-state index in [0.717, 1.165) is 10.5 Å². The molecule has 1 aliphatic rings. The first kappa shape index (κ1) is 24.8. The van der Waals surface area contributed by atoms with Gasteiger partial charge in [-0.3, -0.25) is 9.59 Å². The molecular formula is C23H21BrN2O8. The average Bonchev–Trinajstić information content (AvgIpc) is 3.06. The zero-order valence-corrected chi connectivity index (χ0v) is 19.9. The van der Waals surface area contributed by atoms with Gasteiger partial charge in [0, 0.05) is 0 Å². The second kappa shape index (κ2) is 10.8. The third kappa shape index (κ3) is 5.73. The number of halogens is 1. The van der Waals surface area contributed by atoms with Crippen LogP contribution in [0.3, 0.4) is 0 Å². The Morgan fingerprint density at radius 3 is 2.47 bits per heavy atom. The monoisotopic (exact) mass is 532 g/mol. The maximum Gasteiger partial charge on any atom is 0.335 e. The molecule has 0 bridgehead atoms. The van der Waals surface area contributed by atoms with Crippen molar-refractivity contribution in [2.45, 2.75) is 13.5 Å². The number of carbonyl (C=O) groups is 4. The van der Waals surface area contributed by atoms with Crippen molar-refractivity contribution in [3.8, 4) is 11.5 Å². The number of nitrogens with zero attached hydrogens (tertiary/aromatic N) is 1. The molecule has 0 unspecified atom stereocenters. The van der Waals surface area contributed by atoms with Crippen LogP contribution in [-0.2, 0) is 20.9 Å². The topological polar surface area (TPSA) is 131 Å². The van der Waals surface area contributed by atoms with Gasteiger partial charge in [-0.2, -0.15) is 0 Å². The van der Waals surface area contributed by atoms with Crippen LogP contribution in [0.15, 0.2) is 46.6 Å². The Morgan fingerprint density at radius 1 is 1.15 bits per heavy atom. The Kier molecular flexibility index (Phi) is 7.90. The number of carboxylic acids is 1. The maximum atomic E-state index is 12.5. The van der Waals surface area contributed by atoms with Crippen molar-refractivity contribution in [3.05, 3.63) is 63.3 Å². The molecule has 11 heteroatoms. The number of benzene rings is 2. The van der Waals surface area contributed by atoms with Crippen molar-refractivity contribution in [3.63, 3.8) is 0 Å². The number of carboxylic acid groups (broad SMARTS) is 1. The minimum atomic E-state index is -1.01. The number of rotatable bonds is 9. The number of esters is 1. The molecule has 2 aromatic carbocycles. The normalized spacial score (nSPS) is 14.2. The summed E-state index contributed by atoms with van der Waals surface area (Å²) in [5.74, 6) is -1.57. The molecule has 3 amide bonds. The van der Waals surface area contributed by atoms with Crippen LogP contribution in [0.1, 0.15) is 28.4 Å². The Labute approximate surface area is 203 Å². The number of nitrogens with one attached hydrogen (secondary N) is 1. The molecule has 10 nitrogen and oxygen atoms in total. The van der Waals surface area contributed by atoms with Gasteiger partial charge in [0.2, 0.25) is 0 Å². The van der Waals surface area contributed by atoms with E-state index in [0.29, 0.717) is 28.1 Å². The van der Waals surface area contributed by atoms with Gasteiger partial charge in [-0.1, -0.05) is 12.1 Å². The standard InChI is InChI=1S/C23H21BrN2O8/c1-3-33-18-10-14(9-17-21(28)26(23(31)25-17)11-19(27)32-2)8-16(24)20(18)34-12-13-4-6-15(7-5-13)22(29)30/h4-10H,3,11-12H2,1-2H3,(H,25,31)(H,29,30)/b17-9+. The fourth-order valence-corrected chi connectivity index (χ4v) is 3.62. The van der Waals surface area contributed by atoms with Crippen LogP contribution >= 0.6 is 15.9 Å². The molecule has 34 heavy (non-hydrogen) atoms. The molecule has 1 saturated heterocycles.